The minimum atomic E-state index is -4.47. The molecule has 0 saturated carbocycles. The van der Waals surface area contributed by atoms with Gasteiger partial charge in [-0.25, -0.2) is 0 Å². The van der Waals surface area contributed by atoms with Crippen LogP contribution in [0.4, 0.5) is 13.2 Å². The van der Waals surface area contributed by atoms with Gasteiger partial charge in [0.15, 0.2) is 0 Å². The number of carbonyl (C=O) groups is 1. The van der Waals surface area contributed by atoms with Gasteiger partial charge in [-0.05, 0) is 37.1 Å². The van der Waals surface area contributed by atoms with E-state index >= 15 is 0 Å². The Kier molecular flexibility index (Phi) is 5.74. The number of hydrogen-bond donors (Lipinski definition) is 2. The minimum Gasteiger partial charge on any atom is -0.466 e. The van der Waals surface area contributed by atoms with Crippen LogP contribution in [0.25, 0.3) is 0 Å². The Labute approximate surface area is 120 Å². The van der Waals surface area contributed by atoms with E-state index in [4.69, 9.17) is 0 Å². The molecule has 0 aliphatic rings. The van der Waals surface area contributed by atoms with Crippen molar-refractivity contribution in [3.05, 3.63) is 34.9 Å². The summed E-state index contributed by atoms with van der Waals surface area (Å²) >= 11 is 0. The molecule has 0 heterocycles. The smallest absolute Gasteiger partial charge is 0.416 e. The van der Waals surface area contributed by atoms with Crippen molar-refractivity contribution in [3.8, 4) is 0 Å². The monoisotopic (exact) mass is 306 g/mol. The molecular formula is C14H17F3O4. The van der Waals surface area contributed by atoms with Crippen LogP contribution >= 0.6 is 0 Å². The Hall–Kier alpha value is -1.60. The van der Waals surface area contributed by atoms with E-state index in [2.05, 4.69) is 4.74 Å². The summed E-state index contributed by atoms with van der Waals surface area (Å²) in [4.78, 5) is 11.2. The normalized spacial score (nSPS) is 14.6. The number of aliphatic hydroxyl groups is 2. The first kappa shape index (κ1) is 17.5. The van der Waals surface area contributed by atoms with Crippen molar-refractivity contribution >= 4 is 5.97 Å². The fourth-order valence-corrected chi connectivity index (χ4v) is 1.89. The number of halogens is 3. The van der Waals surface area contributed by atoms with E-state index in [1.54, 1.807) is 6.92 Å². The summed E-state index contributed by atoms with van der Waals surface area (Å²) in [5, 5.41) is 19.7. The van der Waals surface area contributed by atoms with Gasteiger partial charge in [-0.2, -0.15) is 13.2 Å². The number of aryl methyl sites for hydroxylation is 1. The van der Waals surface area contributed by atoms with Crippen LogP contribution in [-0.4, -0.2) is 28.9 Å². The number of rotatable bonds is 5. The van der Waals surface area contributed by atoms with Crippen LogP contribution in [0, 0.1) is 6.92 Å². The van der Waals surface area contributed by atoms with Crippen molar-refractivity contribution in [2.24, 2.45) is 0 Å². The zero-order valence-electron chi connectivity index (χ0n) is 11.6. The fourth-order valence-electron chi connectivity index (χ4n) is 1.89. The van der Waals surface area contributed by atoms with Gasteiger partial charge in [-0.15, -0.1) is 0 Å². The SMILES string of the molecule is CCOC(=O)CC(O)C(O)c1ccc(C(F)(F)F)cc1C. The maximum absolute atomic E-state index is 12.5. The highest BCUT2D eigenvalue weighted by Crippen LogP contribution is 2.32. The number of ether oxygens (including phenoxy) is 1. The number of carbonyl (C=O) groups excluding carboxylic acids is 1. The van der Waals surface area contributed by atoms with Gasteiger partial charge in [0.05, 0.1) is 24.7 Å². The second kappa shape index (κ2) is 6.91. The fraction of sp³-hybridized carbons (Fsp3) is 0.500. The van der Waals surface area contributed by atoms with Crippen LogP contribution in [0.1, 0.15) is 36.1 Å². The van der Waals surface area contributed by atoms with Gasteiger partial charge < -0.3 is 14.9 Å². The lowest BCUT2D eigenvalue weighted by atomic mass is 9.96. The molecule has 4 nitrogen and oxygen atoms in total. The summed E-state index contributed by atoms with van der Waals surface area (Å²) in [6.45, 7) is 3.13. The molecule has 21 heavy (non-hydrogen) atoms. The predicted octanol–water partition coefficient (Wildman–Crippen LogP) is 2.36. The van der Waals surface area contributed by atoms with E-state index in [0.717, 1.165) is 18.2 Å². The maximum Gasteiger partial charge on any atom is 0.416 e. The lowest BCUT2D eigenvalue weighted by molar-refractivity contribution is -0.147. The molecule has 7 heteroatoms. The number of hydrogen-bond acceptors (Lipinski definition) is 4. The lowest BCUT2D eigenvalue weighted by Crippen LogP contribution is -2.24. The van der Waals surface area contributed by atoms with Crippen LogP contribution < -0.4 is 0 Å². The van der Waals surface area contributed by atoms with E-state index in [1.807, 2.05) is 0 Å². The molecule has 0 saturated heterocycles. The minimum absolute atomic E-state index is 0.139. The van der Waals surface area contributed by atoms with Crippen LogP contribution in [0.15, 0.2) is 18.2 Å². The summed E-state index contributed by atoms with van der Waals surface area (Å²) in [7, 11) is 0. The Bertz CT molecular complexity index is 499. The third-order valence-corrected chi connectivity index (χ3v) is 2.96. The van der Waals surface area contributed by atoms with Crippen LogP contribution in [0.3, 0.4) is 0 Å². The number of esters is 1. The molecule has 0 radical (unpaired) electrons. The molecule has 0 bridgehead atoms. The number of aliphatic hydroxyl groups excluding tert-OH is 2. The molecule has 1 rings (SSSR count). The van der Waals surface area contributed by atoms with Crippen molar-refractivity contribution in [2.75, 3.05) is 6.61 Å². The van der Waals surface area contributed by atoms with Crippen LogP contribution in [0.2, 0.25) is 0 Å². The number of alkyl halides is 3. The van der Waals surface area contributed by atoms with E-state index < -0.39 is 36.3 Å². The maximum atomic E-state index is 12.5. The second-order valence-electron chi connectivity index (χ2n) is 4.59. The summed E-state index contributed by atoms with van der Waals surface area (Å²) in [6.07, 6.45) is -7.82. The topological polar surface area (TPSA) is 66.8 Å². The molecule has 1 aromatic carbocycles. The van der Waals surface area contributed by atoms with Gasteiger partial charge in [0.1, 0.15) is 6.10 Å². The van der Waals surface area contributed by atoms with E-state index in [-0.39, 0.29) is 17.7 Å². The molecule has 1 aromatic rings. The molecule has 2 atom stereocenters. The number of benzene rings is 1. The summed E-state index contributed by atoms with van der Waals surface area (Å²) < 4.78 is 42.3. The molecule has 0 fully saturated rings. The molecule has 0 spiro atoms. The average molecular weight is 306 g/mol. The molecule has 118 valence electrons. The third-order valence-electron chi connectivity index (χ3n) is 2.96. The molecule has 0 aliphatic carbocycles. The van der Waals surface area contributed by atoms with Crippen LogP contribution in [-0.2, 0) is 15.7 Å². The van der Waals surface area contributed by atoms with Crippen molar-refractivity contribution in [3.63, 3.8) is 0 Å². The van der Waals surface area contributed by atoms with E-state index in [9.17, 15) is 28.2 Å². The largest absolute Gasteiger partial charge is 0.466 e. The van der Waals surface area contributed by atoms with Crippen molar-refractivity contribution < 1.29 is 32.9 Å². The molecule has 0 aromatic heterocycles. The quantitative estimate of drug-likeness (QED) is 0.820. The molecule has 2 unspecified atom stereocenters. The zero-order chi connectivity index (χ0) is 16.2. The highest BCUT2D eigenvalue weighted by Gasteiger charge is 2.31. The third kappa shape index (κ3) is 4.71. The Morgan fingerprint density at radius 2 is 1.95 bits per heavy atom. The molecule has 2 N–H and O–H groups in total. The average Bonchev–Trinajstić information content (AvgIpc) is 2.36. The lowest BCUT2D eigenvalue weighted by Gasteiger charge is -2.20. The first-order chi connectivity index (χ1) is 9.66. The highest BCUT2D eigenvalue weighted by molar-refractivity contribution is 5.70. The van der Waals surface area contributed by atoms with Crippen molar-refractivity contribution in [2.45, 2.75) is 38.7 Å². The van der Waals surface area contributed by atoms with Gasteiger partial charge in [-0.1, -0.05) is 6.07 Å². The molecule has 0 aliphatic heterocycles. The van der Waals surface area contributed by atoms with E-state index in [1.165, 1.54) is 6.92 Å². The van der Waals surface area contributed by atoms with Crippen molar-refractivity contribution in [1.29, 1.82) is 0 Å². The summed E-state index contributed by atoms with van der Waals surface area (Å²) in [5.41, 5.74) is -0.518. The van der Waals surface area contributed by atoms with Gasteiger partial charge in [0.25, 0.3) is 0 Å². The van der Waals surface area contributed by atoms with Crippen molar-refractivity contribution in [1.82, 2.24) is 0 Å². The Balaban J connectivity index is 2.87. The van der Waals surface area contributed by atoms with E-state index in [0.29, 0.717) is 0 Å². The summed E-state index contributed by atoms with van der Waals surface area (Å²) in [5.74, 6) is -0.686. The highest BCUT2D eigenvalue weighted by atomic mass is 19.4. The standard InChI is InChI=1S/C14H17F3O4/c1-3-21-12(19)7-11(18)13(20)10-5-4-9(6-8(10)2)14(15,16)17/h4-6,11,13,18,20H,3,7H2,1-2H3. The predicted molar refractivity (Wildman–Crippen MR) is 68.4 cm³/mol. The van der Waals surface area contributed by atoms with Gasteiger partial charge in [0.2, 0.25) is 0 Å². The first-order valence-corrected chi connectivity index (χ1v) is 6.36. The first-order valence-electron chi connectivity index (χ1n) is 6.36. The second-order valence-corrected chi connectivity index (χ2v) is 4.59. The van der Waals surface area contributed by atoms with Crippen LogP contribution in [0.5, 0.6) is 0 Å². The summed E-state index contributed by atoms with van der Waals surface area (Å²) in [6, 6.07) is 2.80. The van der Waals surface area contributed by atoms with Gasteiger partial charge in [-0.3, -0.25) is 4.79 Å². The zero-order valence-corrected chi connectivity index (χ0v) is 11.6. The Morgan fingerprint density at radius 1 is 1.33 bits per heavy atom. The van der Waals surface area contributed by atoms with Gasteiger partial charge >= 0.3 is 12.1 Å². The Morgan fingerprint density at radius 3 is 2.43 bits per heavy atom. The molecular weight excluding hydrogens is 289 g/mol. The van der Waals surface area contributed by atoms with Gasteiger partial charge in [0, 0.05) is 0 Å². The molecule has 0 amide bonds.